The smallest absolute Gasteiger partial charge is 0.350 e. The first-order valence-electron chi connectivity index (χ1n) is 14.1. The minimum Gasteiger partial charge on any atom is -0.378 e. The Morgan fingerprint density at radius 2 is 1.29 bits per heavy atom. The second kappa shape index (κ2) is 20.7. The predicted molar refractivity (Wildman–Crippen MR) is 143 cm³/mol. The van der Waals surface area contributed by atoms with E-state index < -0.39 is 13.9 Å². The third kappa shape index (κ3) is 17.1. The molecule has 1 rings (SSSR count). The van der Waals surface area contributed by atoms with Crippen molar-refractivity contribution in [1.82, 2.24) is 0 Å². The molecule has 34 heavy (non-hydrogen) atoms. The Hall–Kier alpha value is -0.450. The number of rotatable bonds is 23. The molecule has 0 bridgehead atoms. The molecule has 5 nitrogen and oxygen atoms in total. The van der Waals surface area contributed by atoms with E-state index in [1.165, 1.54) is 83.5 Å². The van der Waals surface area contributed by atoms with Crippen molar-refractivity contribution in [2.45, 2.75) is 123 Å². The Labute approximate surface area is 209 Å². The average Bonchev–Trinajstić information content (AvgIpc) is 2.81. The Morgan fingerprint density at radius 3 is 1.82 bits per heavy atom. The lowest BCUT2D eigenvalue weighted by Gasteiger charge is -2.31. The molecule has 0 saturated heterocycles. The van der Waals surface area contributed by atoms with E-state index in [4.69, 9.17) is 19.3 Å². The molecule has 3 unspecified atom stereocenters. The van der Waals surface area contributed by atoms with Crippen LogP contribution >= 0.6 is 7.60 Å². The molecule has 1 aliphatic carbocycles. The predicted octanol–water partition coefficient (Wildman–Crippen LogP) is 8.16. The van der Waals surface area contributed by atoms with E-state index in [0.29, 0.717) is 12.5 Å². The number of ether oxygens (including phenoxy) is 2. The van der Waals surface area contributed by atoms with Crippen LogP contribution in [0.2, 0.25) is 0 Å². The monoisotopic (exact) mass is 500 g/mol. The number of unbranched alkanes of at least 4 members (excludes halogenated alkanes) is 13. The van der Waals surface area contributed by atoms with E-state index in [1.54, 1.807) is 0 Å². The highest BCUT2D eigenvalue weighted by Gasteiger charge is 2.27. The van der Waals surface area contributed by atoms with Crippen molar-refractivity contribution in [1.29, 1.82) is 0 Å². The van der Waals surface area contributed by atoms with E-state index in [2.05, 4.69) is 32.1 Å². The molecule has 0 aromatic heterocycles. The molecule has 0 amide bonds. The second-order valence-corrected chi connectivity index (χ2v) is 11.5. The van der Waals surface area contributed by atoms with Gasteiger partial charge in [0.1, 0.15) is 6.35 Å². The van der Waals surface area contributed by atoms with Gasteiger partial charge < -0.3 is 19.3 Å². The highest BCUT2D eigenvalue weighted by Crippen LogP contribution is 2.34. The summed E-state index contributed by atoms with van der Waals surface area (Å²) in [7, 11) is -4.09. The Bertz CT molecular complexity index is 571. The van der Waals surface area contributed by atoms with Crippen molar-refractivity contribution >= 4 is 7.60 Å². The SMILES string of the molecule is CCCCCCCCCCCCCCCCOC(CC)C1C=CC=CC1CCOCP(=O)(O)O. The van der Waals surface area contributed by atoms with Gasteiger partial charge in [-0.25, -0.2) is 0 Å². The maximum Gasteiger partial charge on any atom is 0.350 e. The van der Waals surface area contributed by atoms with Crippen LogP contribution in [0.15, 0.2) is 24.3 Å². The van der Waals surface area contributed by atoms with Crippen molar-refractivity contribution < 1.29 is 23.8 Å². The molecular formula is C28H53O5P. The van der Waals surface area contributed by atoms with E-state index in [9.17, 15) is 4.57 Å². The summed E-state index contributed by atoms with van der Waals surface area (Å²) in [5.41, 5.74) is 0. The lowest BCUT2D eigenvalue weighted by atomic mass is 9.81. The first kappa shape index (κ1) is 31.6. The maximum atomic E-state index is 10.9. The van der Waals surface area contributed by atoms with Gasteiger partial charge in [-0.3, -0.25) is 4.57 Å². The van der Waals surface area contributed by atoms with E-state index in [1.807, 2.05) is 6.08 Å². The van der Waals surface area contributed by atoms with Crippen LogP contribution in [0.3, 0.4) is 0 Å². The van der Waals surface area contributed by atoms with E-state index in [-0.39, 0.29) is 12.0 Å². The Kier molecular flexibility index (Phi) is 19.2. The molecule has 6 heteroatoms. The molecule has 200 valence electrons. The fourth-order valence-electron chi connectivity index (χ4n) is 4.79. The fraction of sp³-hybridized carbons (Fsp3) is 0.857. The molecule has 2 N–H and O–H groups in total. The van der Waals surface area contributed by atoms with E-state index >= 15 is 0 Å². The molecule has 0 spiro atoms. The highest BCUT2D eigenvalue weighted by atomic mass is 31.2. The Morgan fingerprint density at radius 1 is 0.765 bits per heavy atom. The van der Waals surface area contributed by atoms with Gasteiger partial charge in [0.25, 0.3) is 0 Å². The van der Waals surface area contributed by atoms with Crippen molar-refractivity contribution in [3.05, 3.63) is 24.3 Å². The zero-order chi connectivity index (χ0) is 24.9. The number of hydrogen-bond acceptors (Lipinski definition) is 3. The van der Waals surface area contributed by atoms with Crippen molar-refractivity contribution in [2.75, 3.05) is 19.6 Å². The van der Waals surface area contributed by atoms with Crippen LogP contribution in [-0.2, 0) is 14.0 Å². The molecule has 0 aliphatic heterocycles. The van der Waals surface area contributed by atoms with Gasteiger partial charge >= 0.3 is 7.60 Å². The van der Waals surface area contributed by atoms with Gasteiger partial charge in [0, 0.05) is 19.1 Å². The highest BCUT2D eigenvalue weighted by molar-refractivity contribution is 7.51. The summed E-state index contributed by atoms with van der Waals surface area (Å²) in [4.78, 5) is 17.9. The first-order chi connectivity index (χ1) is 16.5. The number of hydrogen-bond donors (Lipinski definition) is 2. The summed E-state index contributed by atoms with van der Waals surface area (Å²) in [5, 5.41) is 0. The van der Waals surface area contributed by atoms with Gasteiger partial charge in [0.2, 0.25) is 0 Å². The standard InChI is InChI=1S/C28H53O5P/c1-3-5-6-7-8-9-10-11-12-13-14-15-16-19-23-33-28(4-2)27-21-18-17-20-26(27)22-24-32-25-34(29,30)31/h17-18,20-21,26-28H,3-16,19,22-25H2,1-2H3,(H2,29,30,31). The zero-order valence-electron chi connectivity index (χ0n) is 22.0. The summed E-state index contributed by atoms with van der Waals surface area (Å²) in [6.07, 6.45) is 28.9. The summed E-state index contributed by atoms with van der Waals surface area (Å²) < 4.78 is 22.4. The number of allylic oxidation sites excluding steroid dienone is 3. The molecule has 0 aromatic rings. The van der Waals surface area contributed by atoms with Crippen molar-refractivity contribution in [3.8, 4) is 0 Å². The Balaban J connectivity index is 2.07. The minimum atomic E-state index is -4.09. The van der Waals surface area contributed by atoms with Gasteiger partial charge in [-0.15, -0.1) is 0 Å². The molecule has 0 saturated carbocycles. The van der Waals surface area contributed by atoms with Crippen molar-refractivity contribution in [2.24, 2.45) is 11.8 Å². The summed E-state index contributed by atoms with van der Waals surface area (Å²) >= 11 is 0. The molecule has 0 fully saturated rings. The van der Waals surface area contributed by atoms with Crippen LogP contribution in [0.25, 0.3) is 0 Å². The van der Waals surface area contributed by atoms with Gasteiger partial charge in [-0.1, -0.05) is 122 Å². The molecule has 0 radical (unpaired) electrons. The third-order valence-corrected chi connectivity index (χ3v) is 7.33. The normalized spacial score (nSPS) is 19.1. The van der Waals surface area contributed by atoms with Crippen LogP contribution < -0.4 is 0 Å². The van der Waals surface area contributed by atoms with Gasteiger partial charge in [0.15, 0.2) is 0 Å². The molecule has 1 aliphatic rings. The topological polar surface area (TPSA) is 76.0 Å². The summed E-state index contributed by atoms with van der Waals surface area (Å²) in [5.74, 6) is 0.573. The summed E-state index contributed by atoms with van der Waals surface area (Å²) in [6, 6.07) is 0. The fourth-order valence-corrected chi connectivity index (χ4v) is 5.16. The summed E-state index contributed by atoms with van der Waals surface area (Å²) in [6.45, 7) is 5.61. The molecule has 0 aromatic carbocycles. The molecule has 3 atom stereocenters. The lowest BCUT2D eigenvalue weighted by Crippen LogP contribution is -2.30. The van der Waals surface area contributed by atoms with Gasteiger partial charge in [-0.05, 0) is 25.2 Å². The lowest BCUT2D eigenvalue weighted by molar-refractivity contribution is 0.00555. The molecular weight excluding hydrogens is 447 g/mol. The first-order valence-corrected chi connectivity index (χ1v) is 15.9. The third-order valence-electron chi connectivity index (χ3n) is 6.81. The van der Waals surface area contributed by atoms with Gasteiger partial charge in [-0.2, -0.15) is 0 Å². The average molecular weight is 501 g/mol. The minimum absolute atomic E-state index is 0.176. The van der Waals surface area contributed by atoms with Crippen LogP contribution in [0.1, 0.15) is 117 Å². The zero-order valence-corrected chi connectivity index (χ0v) is 22.9. The van der Waals surface area contributed by atoms with Crippen LogP contribution in [-0.4, -0.2) is 35.5 Å². The second-order valence-electron chi connectivity index (χ2n) is 9.92. The van der Waals surface area contributed by atoms with E-state index in [0.717, 1.165) is 25.9 Å². The van der Waals surface area contributed by atoms with Crippen LogP contribution in [0, 0.1) is 11.8 Å². The van der Waals surface area contributed by atoms with Crippen molar-refractivity contribution in [3.63, 3.8) is 0 Å². The van der Waals surface area contributed by atoms with Gasteiger partial charge in [0.05, 0.1) is 6.10 Å². The largest absolute Gasteiger partial charge is 0.378 e. The maximum absolute atomic E-state index is 10.9. The van der Waals surface area contributed by atoms with Crippen LogP contribution in [0.5, 0.6) is 0 Å². The molecule has 0 heterocycles. The van der Waals surface area contributed by atoms with Crippen LogP contribution in [0.4, 0.5) is 0 Å². The quantitative estimate of drug-likeness (QED) is 0.109.